The Morgan fingerprint density at radius 3 is 2.33 bits per heavy atom. The Balaban J connectivity index is 3.39. The van der Waals surface area contributed by atoms with Crippen molar-refractivity contribution in [2.45, 2.75) is 0 Å². The Morgan fingerprint density at radius 2 is 1.83 bits per heavy atom. The smallest absolute Gasteiger partial charge is 0.201 e. The molecular formula is C7H4Br2F2O. The number of benzene rings is 1. The molecule has 0 aliphatic heterocycles. The lowest BCUT2D eigenvalue weighted by atomic mass is 10.3. The molecule has 1 nitrogen and oxygen atoms in total. The van der Waals surface area contributed by atoms with Gasteiger partial charge in [-0.1, -0.05) is 0 Å². The molecule has 0 bridgehead atoms. The van der Waals surface area contributed by atoms with E-state index in [2.05, 4.69) is 36.6 Å². The summed E-state index contributed by atoms with van der Waals surface area (Å²) in [6.07, 6.45) is 0. The van der Waals surface area contributed by atoms with Crippen molar-refractivity contribution in [2.24, 2.45) is 0 Å². The van der Waals surface area contributed by atoms with Gasteiger partial charge in [-0.05, 0) is 37.9 Å². The number of hydrogen-bond donors (Lipinski definition) is 0. The van der Waals surface area contributed by atoms with E-state index in [1.807, 2.05) is 0 Å². The van der Waals surface area contributed by atoms with Gasteiger partial charge in [0, 0.05) is 4.47 Å². The van der Waals surface area contributed by atoms with E-state index in [4.69, 9.17) is 0 Å². The van der Waals surface area contributed by atoms with Crippen LogP contribution in [-0.2, 0) is 0 Å². The standard InChI is InChI=1S/C7H4Br2F2O/c1-12-4-2-3(8)5(9)7(11)6(4)10/h2H,1H3. The Kier molecular flexibility index (Phi) is 3.06. The molecule has 0 saturated heterocycles. The molecule has 0 unspecified atom stereocenters. The van der Waals surface area contributed by atoms with E-state index in [0.29, 0.717) is 4.47 Å². The first-order chi connectivity index (χ1) is 5.57. The second-order valence-corrected chi connectivity index (χ2v) is 3.65. The molecular weight excluding hydrogens is 298 g/mol. The van der Waals surface area contributed by atoms with Crippen molar-refractivity contribution in [3.8, 4) is 5.75 Å². The van der Waals surface area contributed by atoms with Crippen LogP contribution in [0.4, 0.5) is 8.78 Å². The van der Waals surface area contributed by atoms with Crippen molar-refractivity contribution < 1.29 is 13.5 Å². The molecule has 0 radical (unpaired) electrons. The number of methoxy groups -OCH3 is 1. The van der Waals surface area contributed by atoms with E-state index in [1.54, 1.807) is 0 Å². The summed E-state index contributed by atoms with van der Waals surface area (Å²) in [5, 5.41) is 0. The zero-order chi connectivity index (χ0) is 9.30. The van der Waals surface area contributed by atoms with Gasteiger partial charge in [0.1, 0.15) is 0 Å². The second kappa shape index (κ2) is 3.70. The third kappa shape index (κ3) is 1.61. The molecule has 0 atom stereocenters. The van der Waals surface area contributed by atoms with Crippen molar-refractivity contribution in [3.05, 3.63) is 26.6 Å². The number of hydrogen-bond acceptors (Lipinski definition) is 1. The zero-order valence-corrected chi connectivity index (χ0v) is 9.17. The van der Waals surface area contributed by atoms with Crippen molar-refractivity contribution in [3.63, 3.8) is 0 Å². The highest BCUT2D eigenvalue weighted by Gasteiger charge is 2.15. The summed E-state index contributed by atoms with van der Waals surface area (Å²) in [5.41, 5.74) is 0. The predicted octanol–water partition coefficient (Wildman–Crippen LogP) is 3.50. The maximum absolute atomic E-state index is 12.9. The quantitative estimate of drug-likeness (QED) is 0.570. The lowest BCUT2D eigenvalue weighted by Crippen LogP contribution is -1.93. The van der Waals surface area contributed by atoms with Crippen LogP contribution >= 0.6 is 31.9 Å². The van der Waals surface area contributed by atoms with Crippen molar-refractivity contribution in [1.29, 1.82) is 0 Å². The van der Waals surface area contributed by atoms with Crippen LogP contribution in [-0.4, -0.2) is 7.11 Å². The Bertz CT molecular complexity index is 315. The van der Waals surface area contributed by atoms with Gasteiger partial charge in [0.2, 0.25) is 5.82 Å². The SMILES string of the molecule is COc1cc(Br)c(Br)c(F)c1F. The Morgan fingerprint density at radius 1 is 1.25 bits per heavy atom. The average Bonchev–Trinajstić information content (AvgIpc) is 2.08. The van der Waals surface area contributed by atoms with E-state index in [9.17, 15) is 8.78 Å². The highest BCUT2D eigenvalue weighted by Crippen LogP contribution is 2.33. The highest BCUT2D eigenvalue weighted by atomic mass is 79.9. The number of rotatable bonds is 1. The van der Waals surface area contributed by atoms with Gasteiger partial charge in [0.15, 0.2) is 11.6 Å². The molecule has 0 spiro atoms. The largest absolute Gasteiger partial charge is 0.494 e. The molecule has 0 amide bonds. The lowest BCUT2D eigenvalue weighted by molar-refractivity contribution is 0.370. The molecule has 1 rings (SSSR count). The summed E-state index contributed by atoms with van der Waals surface area (Å²) in [5.74, 6) is -2.07. The third-order valence-electron chi connectivity index (χ3n) is 1.29. The van der Waals surface area contributed by atoms with Gasteiger partial charge < -0.3 is 4.74 Å². The van der Waals surface area contributed by atoms with E-state index in [-0.39, 0.29) is 10.2 Å². The molecule has 1 aromatic carbocycles. The summed E-state index contributed by atoms with van der Waals surface area (Å²) in [6, 6.07) is 1.35. The van der Waals surface area contributed by atoms with Crippen LogP contribution in [0, 0.1) is 11.6 Å². The van der Waals surface area contributed by atoms with Crippen molar-refractivity contribution >= 4 is 31.9 Å². The molecule has 0 saturated carbocycles. The minimum absolute atomic E-state index is 0.0563. The van der Waals surface area contributed by atoms with E-state index in [1.165, 1.54) is 13.2 Å². The average molecular weight is 302 g/mol. The minimum atomic E-state index is -0.993. The van der Waals surface area contributed by atoms with Gasteiger partial charge in [0.25, 0.3) is 0 Å². The van der Waals surface area contributed by atoms with Gasteiger partial charge in [0.05, 0.1) is 11.6 Å². The fourth-order valence-electron chi connectivity index (χ4n) is 0.700. The van der Waals surface area contributed by atoms with Crippen LogP contribution in [0.25, 0.3) is 0 Å². The molecule has 1 aromatic rings. The maximum Gasteiger partial charge on any atom is 0.201 e. The molecule has 0 aliphatic carbocycles. The van der Waals surface area contributed by atoms with Crippen LogP contribution in [0.15, 0.2) is 15.0 Å². The van der Waals surface area contributed by atoms with Gasteiger partial charge in [-0.3, -0.25) is 0 Å². The van der Waals surface area contributed by atoms with Crippen molar-refractivity contribution in [2.75, 3.05) is 7.11 Å². The van der Waals surface area contributed by atoms with E-state index < -0.39 is 11.6 Å². The molecule has 0 fully saturated rings. The van der Waals surface area contributed by atoms with Crippen LogP contribution < -0.4 is 4.74 Å². The predicted molar refractivity (Wildman–Crippen MR) is 48.3 cm³/mol. The van der Waals surface area contributed by atoms with E-state index >= 15 is 0 Å². The molecule has 5 heteroatoms. The van der Waals surface area contributed by atoms with Crippen LogP contribution in [0.5, 0.6) is 5.75 Å². The fraction of sp³-hybridized carbons (Fsp3) is 0.143. The zero-order valence-electron chi connectivity index (χ0n) is 6.00. The first-order valence-electron chi connectivity index (χ1n) is 2.95. The summed E-state index contributed by atoms with van der Waals surface area (Å²) in [7, 11) is 1.28. The molecule has 0 aromatic heterocycles. The maximum atomic E-state index is 12.9. The van der Waals surface area contributed by atoms with Gasteiger partial charge in [-0.15, -0.1) is 0 Å². The van der Waals surface area contributed by atoms with Crippen LogP contribution in [0.3, 0.4) is 0 Å². The first-order valence-corrected chi connectivity index (χ1v) is 4.53. The normalized spacial score (nSPS) is 10.1. The summed E-state index contributed by atoms with van der Waals surface area (Å²) in [6.45, 7) is 0. The van der Waals surface area contributed by atoms with Gasteiger partial charge >= 0.3 is 0 Å². The number of halogens is 4. The monoisotopic (exact) mass is 300 g/mol. The molecule has 66 valence electrons. The van der Waals surface area contributed by atoms with Gasteiger partial charge in [-0.25, -0.2) is 4.39 Å². The molecule has 0 N–H and O–H groups in total. The third-order valence-corrected chi connectivity index (χ3v) is 3.22. The number of ether oxygens (including phenoxy) is 1. The first kappa shape index (κ1) is 9.92. The molecule has 12 heavy (non-hydrogen) atoms. The lowest BCUT2D eigenvalue weighted by Gasteiger charge is -2.05. The van der Waals surface area contributed by atoms with E-state index in [0.717, 1.165) is 0 Å². The topological polar surface area (TPSA) is 9.23 Å². The van der Waals surface area contributed by atoms with Crippen LogP contribution in [0.1, 0.15) is 0 Å². The summed E-state index contributed by atoms with van der Waals surface area (Å²) in [4.78, 5) is 0. The summed E-state index contributed by atoms with van der Waals surface area (Å²) < 4.78 is 30.9. The van der Waals surface area contributed by atoms with Crippen molar-refractivity contribution in [1.82, 2.24) is 0 Å². The van der Waals surface area contributed by atoms with Crippen LogP contribution in [0.2, 0.25) is 0 Å². The molecule has 0 heterocycles. The summed E-state index contributed by atoms with van der Waals surface area (Å²) >= 11 is 5.91. The highest BCUT2D eigenvalue weighted by molar-refractivity contribution is 9.13. The fourth-order valence-corrected chi connectivity index (χ4v) is 1.37. The Labute approximate surface area is 85.0 Å². The second-order valence-electron chi connectivity index (χ2n) is 2.00. The Hall–Kier alpha value is -0.160. The molecule has 0 aliphatic rings. The van der Waals surface area contributed by atoms with Gasteiger partial charge in [-0.2, -0.15) is 4.39 Å². The minimum Gasteiger partial charge on any atom is -0.494 e.